The number of carbonyl (C=O) groups is 1. The number of nitrogens with one attached hydrogen (secondary N) is 1. The molecule has 0 aliphatic rings. The lowest BCUT2D eigenvalue weighted by atomic mass is 10.0. The number of hydrogen-bond acceptors (Lipinski definition) is 3. The zero-order valence-electron chi connectivity index (χ0n) is 16.2. The van der Waals surface area contributed by atoms with Crippen LogP contribution in [-0.2, 0) is 14.9 Å². The Hall–Kier alpha value is -3.00. The predicted molar refractivity (Wildman–Crippen MR) is 126 cm³/mol. The van der Waals surface area contributed by atoms with Crippen LogP contribution < -0.4 is 5.32 Å². The monoisotopic (exact) mass is 495 g/mol. The van der Waals surface area contributed by atoms with Gasteiger partial charge in [0.15, 0.2) is 5.25 Å². The molecule has 31 heavy (non-hydrogen) atoms. The molecule has 2 N–H and O–H groups in total. The number of hydrogen-bond donors (Lipinski definition) is 2. The highest BCUT2D eigenvalue weighted by molar-refractivity contribution is 9.10. The highest BCUT2D eigenvalue weighted by Gasteiger charge is 2.33. The zero-order chi connectivity index (χ0) is 22.0. The summed E-state index contributed by atoms with van der Waals surface area (Å²) in [6.45, 7) is 0. The summed E-state index contributed by atoms with van der Waals surface area (Å²) in [7, 11) is -4.70. The molecule has 0 aliphatic heterocycles. The summed E-state index contributed by atoms with van der Waals surface area (Å²) >= 11 is 3.47. The van der Waals surface area contributed by atoms with Gasteiger partial charge in [-0.15, -0.1) is 0 Å². The van der Waals surface area contributed by atoms with Crippen molar-refractivity contribution in [2.45, 2.75) is 5.25 Å². The Morgan fingerprint density at radius 3 is 2.00 bits per heavy atom. The smallest absolute Gasteiger partial charge is 0.281 e. The molecule has 1 amide bonds. The molecule has 7 heteroatoms. The quantitative estimate of drug-likeness (QED) is 0.340. The van der Waals surface area contributed by atoms with E-state index in [0.717, 1.165) is 26.4 Å². The average Bonchev–Trinajstić information content (AvgIpc) is 2.76. The van der Waals surface area contributed by atoms with Gasteiger partial charge in [-0.3, -0.25) is 9.35 Å². The number of anilines is 1. The van der Waals surface area contributed by atoms with Gasteiger partial charge in [-0.05, 0) is 34.2 Å². The number of benzene rings is 4. The zero-order valence-corrected chi connectivity index (χ0v) is 18.6. The van der Waals surface area contributed by atoms with Gasteiger partial charge in [0.2, 0.25) is 5.91 Å². The first kappa shape index (κ1) is 21.2. The van der Waals surface area contributed by atoms with E-state index in [1.54, 1.807) is 36.4 Å². The lowest BCUT2D eigenvalue weighted by molar-refractivity contribution is -0.116. The normalized spacial score (nSPS) is 12.5. The summed E-state index contributed by atoms with van der Waals surface area (Å²) < 4.78 is 34.9. The number of halogens is 1. The minimum atomic E-state index is -4.70. The summed E-state index contributed by atoms with van der Waals surface area (Å²) in [4.78, 5) is 13.0. The van der Waals surface area contributed by atoms with Crippen molar-refractivity contribution in [2.75, 3.05) is 5.32 Å². The molecule has 0 aliphatic carbocycles. The Kier molecular flexibility index (Phi) is 5.91. The molecule has 1 atom stereocenters. The molecule has 0 saturated heterocycles. The van der Waals surface area contributed by atoms with Crippen molar-refractivity contribution in [1.29, 1.82) is 0 Å². The lowest BCUT2D eigenvalue weighted by Gasteiger charge is -2.16. The molecule has 5 nitrogen and oxygen atoms in total. The molecular formula is C24H18BrNO4S. The minimum Gasteiger partial charge on any atom is -0.324 e. The number of carbonyl (C=O) groups excluding carboxylic acids is 1. The maximum atomic E-state index is 13.0. The average molecular weight is 496 g/mol. The Morgan fingerprint density at radius 2 is 1.35 bits per heavy atom. The van der Waals surface area contributed by atoms with Crippen LogP contribution in [0.15, 0.2) is 95.5 Å². The molecule has 0 saturated carbocycles. The van der Waals surface area contributed by atoms with Gasteiger partial charge in [0, 0.05) is 15.5 Å². The van der Waals surface area contributed by atoms with E-state index in [9.17, 15) is 17.8 Å². The molecule has 4 aromatic carbocycles. The molecule has 0 bridgehead atoms. The summed E-state index contributed by atoms with van der Waals surface area (Å²) in [6, 6.07) is 27.0. The van der Waals surface area contributed by atoms with Crippen molar-refractivity contribution in [3.05, 3.63) is 101 Å². The second kappa shape index (κ2) is 8.63. The topological polar surface area (TPSA) is 83.5 Å². The van der Waals surface area contributed by atoms with Crippen LogP contribution in [0.1, 0.15) is 10.8 Å². The fourth-order valence-electron chi connectivity index (χ4n) is 3.51. The third kappa shape index (κ3) is 4.54. The third-order valence-corrected chi connectivity index (χ3v) is 6.76. The first-order valence-electron chi connectivity index (χ1n) is 9.44. The predicted octanol–water partition coefficient (Wildman–Crippen LogP) is 5.84. The summed E-state index contributed by atoms with van der Waals surface area (Å²) in [5, 5.41) is 2.53. The van der Waals surface area contributed by atoms with Crippen LogP contribution in [0.3, 0.4) is 0 Å². The number of rotatable bonds is 5. The second-order valence-electron chi connectivity index (χ2n) is 7.01. The summed E-state index contributed by atoms with van der Waals surface area (Å²) in [5.74, 6) is -0.831. The molecule has 4 aromatic rings. The van der Waals surface area contributed by atoms with Crippen LogP contribution in [0.2, 0.25) is 0 Å². The minimum absolute atomic E-state index is 0.182. The Labute approximate surface area is 188 Å². The van der Waals surface area contributed by atoms with E-state index < -0.39 is 21.3 Å². The van der Waals surface area contributed by atoms with Crippen molar-refractivity contribution in [3.63, 3.8) is 0 Å². The van der Waals surface area contributed by atoms with Gasteiger partial charge in [0.05, 0.1) is 0 Å². The Bertz CT molecular complexity index is 1350. The molecule has 0 fully saturated rings. The highest BCUT2D eigenvalue weighted by Crippen LogP contribution is 2.32. The van der Waals surface area contributed by atoms with Crippen LogP contribution in [0.4, 0.5) is 5.69 Å². The summed E-state index contributed by atoms with van der Waals surface area (Å²) in [5.41, 5.74) is 2.47. The molecule has 0 spiro atoms. The fourth-order valence-corrected chi connectivity index (χ4v) is 4.82. The van der Waals surface area contributed by atoms with Crippen molar-refractivity contribution in [1.82, 2.24) is 0 Å². The molecular weight excluding hydrogens is 478 g/mol. The van der Waals surface area contributed by atoms with Crippen molar-refractivity contribution < 1.29 is 17.8 Å². The van der Waals surface area contributed by atoms with Crippen molar-refractivity contribution >= 4 is 48.4 Å². The highest BCUT2D eigenvalue weighted by atomic mass is 79.9. The molecule has 4 rings (SSSR count). The first-order chi connectivity index (χ1) is 14.8. The maximum absolute atomic E-state index is 13.0. The van der Waals surface area contributed by atoms with Gasteiger partial charge in [-0.1, -0.05) is 94.8 Å². The van der Waals surface area contributed by atoms with Gasteiger partial charge in [-0.2, -0.15) is 8.42 Å². The standard InChI is InChI=1S/C24H18BrNO4S/c25-21-14-15-22(20-9-5-4-8-19(20)21)26-24(27)23(31(28,29)30)18-12-10-17(11-13-18)16-6-2-1-3-7-16/h1-15,23H,(H,26,27)(H,28,29,30). The van der Waals surface area contributed by atoms with E-state index in [1.807, 2.05) is 54.6 Å². The van der Waals surface area contributed by atoms with Crippen LogP contribution >= 0.6 is 15.9 Å². The van der Waals surface area contributed by atoms with Gasteiger partial charge < -0.3 is 5.32 Å². The first-order valence-corrected chi connectivity index (χ1v) is 11.7. The van der Waals surface area contributed by atoms with E-state index in [0.29, 0.717) is 5.69 Å². The van der Waals surface area contributed by atoms with Crippen LogP contribution in [0.5, 0.6) is 0 Å². The molecule has 0 aromatic heterocycles. The Morgan fingerprint density at radius 1 is 0.774 bits per heavy atom. The number of amides is 1. The molecule has 0 radical (unpaired) electrons. The van der Waals surface area contributed by atoms with Crippen LogP contribution in [-0.4, -0.2) is 18.9 Å². The Balaban J connectivity index is 1.68. The third-order valence-electron chi connectivity index (χ3n) is 4.99. The summed E-state index contributed by atoms with van der Waals surface area (Å²) in [6.07, 6.45) is 0. The van der Waals surface area contributed by atoms with Gasteiger partial charge in [-0.25, -0.2) is 0 Å². The lowest BCUT2D eigenvalue weighted by Crippen LogP contribution is -2.27. The van der Waals surface area contributed by atoms with Crippen molar-refractivity contribution in [2.24, 2.45) is 0 Å². The molecule has 156 valence electrons. The van der Waals surface area contributed by atoms with Gasteiger partial charge in [0.1, 0.15) is 0 Å². The van der Waals surface area contributed by atoms with Crippen LogP contribution in [0, 0.1) is 0 Å². The van der Waals surface area contributed by atoms with Gasteiger partial charge >= 0.3 is 0 Å². The molecule has 1 unspecified atom stereocenters. The van der Waals surface area contributed by atoms with E-state index in [2.05, 4.69) is 21.2 Å². The van der Waals surface area contributed by atoms with Crippen molar-refractivity contribution in [3.8, 4) is 11.1 Å². The van der Waals surface area contributed by atoms with E-state index in [1.165, 1.54) is 0 Å². The van der Waals surface area contributed by atoms with E-state index in [4.69, 9.17) is 0 Å². The number of fused-ring (bicyclic) bond motifs is 1. The maximum Gasteiger partial charge on any atom is 0.281 e. The second-order valence-corrected chi connectivity index (χ2v) is 9.37. The van der Waals surface area contributed by atoms with E-state index >= 15 is 0 Å². The van der Waals surface area contributed by atoms with Crippen LogP contribution in [0.25, 0.3) is 21.9 Å². The SMILES string of the molecule is O=C(Nc1ccc(Br)c2ccccc12)C(c1ccc(-c2ccccc2)cc1)S(=O)(=O)O. The van der Waals surface area contributed by atoms with Gasteiger partial charge in [0.25, 0.3) is 10.1 Å². The largest absolute Gasteiger partial charge is 0.324 e. The van der Waals surface area contributed by atoms with E-state index in [-0.39, 0.29) is 5.56 Å². The molecule has 0 heterocycles. The fraction of sp³-hybridized carbons (Fsp3) is 0.0417.